The molecule has 1 rings (SSSR count). The Labute approximate surface area is 115 Å². The number of nitrogens with one attached hydrogen (secondary N) is 2. The molecule has 0 spiro atoms. The Morgan fingerprint density at radius 3 is 1.89 bits per heavy atom. The summed E-state index contributed by atoms with van der Waals surface area (Å²) in [7, 11) is 0. The fraction of sp³-hybridized carbons (Fsp3) is 0.733. The van der Waals surface area contributed by atoms with Gasteiger partial charge in [0.1, 0.15) is 11.4 Å². The van der Waals surface area contributed by atoms with Gasteiger partial charge in [-0.2, -0.15) is 0 Å². The lowest BCUT2D eigenvalue weighted by atomic mass is 9.90. The zero-order valence-electron chi connectivity index (χ0n) is 12.9. The van der Waals surface area contributed by atoms with Crippen molar-refractivity contribution in [3.63, 3.8) is 0 Å². The summed E-state index contributed by atoms with van der Waals surface area (Å²) in [5.41, 5.74) is 0.0207. The van der Waals surface area contributed by atoms with Gasteiger partial charge in [0.15, 0.2) is 0 Å². The van der Waals surface area contributed by atoms with Gasteiger partial charge in [-0.3, -0.25) is 9.59 Å². The smallest absolute Gasteiger partial charge is 0.253 e. The van der Waals surface area contributed by atoms with Crippen LogP contribution in [-0.4, -0.2) is 12.1 Å². The van der Waals surface area contributed by atoms with E-state index in [0.29, 0.717) is 17.9 Å². The van der Waals surface area contributed by atoms with Crippen LogP contribution in [0.1, 0.15) is 54.4 Å². The van der Waals surface area contributed by atoms with Crippen LogP contribution >= 0.6 is 0 Å². The average molecular weight is 266 g/mol. The van der Waals surface area contributed by atoms with Crippen molar-refractivity contribution >= 4 is 11.4 Å². The second kappa shape index (κ2) is 5.35. The summed E-state index contributed by atoms with van der Waals surface area (Å²) in [5, 5.41) is 6.31. The lowest BCUT2D eigenvalue weighted by Crippen LogP contribution is -2.43. The van der Waals surface area contributed by atoms with E-state index in [2.05, 4.69) is 31.4 Å². The normalized spacial score (nSPS) is 12.7. The molecule has 0 saturated carbocycles. The first-order valence-corrected chi connectivity index (χ1v) is 6.99. The minimum atomic E-state index is -0.404. The van der Waals surface area contributed by atoms with Crippen LogP contribution in [0.2, 0.25) is 0 Å². The second-order valence-electron chi connectivity index (χ2n) is 6.64. The summed E-state index contributed by atoms with van der Waals surface area (Å²) in [6.45, 7) is 13.2. The predicted octanol–water partition coefficient (Wildman–Crippen LogP) is 2.73. The zero-order chi connectivity index (χ0) is 14.8. The third kappa shape index (κ3) is 3.58. The molecular formula is C15H26N2O2. The highest BCUT2D eigenvalue weighted by atomic mass is 16.2. The molecule has 2 N–H and O–H groups in total. The minimum Gasteiger partial charge on any atom is -0.379 e. The van der Waals surface area contributed by atoms with Crippen molar-refractivity contribution in [2.75, 3.05) is 17.2 Å². The molecule has 1 aromatic carbocycles. The number of anilines is 2. The first kappa shape index (κ1) is 15.7. The molecule has 0 amide bonds. The van der Waals surface area contributed by atoms with Crippen molar-refractivity contribution in [3.05, 3.63) is 20.4 Å². The predicted molar refractivity (Wildman–Crippen MR) is 81.9 cm³/mol. The topological polar surface area (TPSA) is 58.2 Å². The van der Waals surface area contributed by atoms with Crippen LogP contribution in [-0.2, 0) is 0 Å². The lowest BCUT2D eigenvalue weighted by molar-refractivity contribution is 0.377. The highest BCUT2D eigenvalue weighted by molar-refractivity contribution is 5.74. The standard InChI is InChI=1S/C15H26N2O2/c1-7-14(3,4)9-16-10-11(13(19)12(10)18)17-15(5,6)8-2/h16-17H,7-9H2,1-6H3. The van der Waals surface area contributed by atoms with Gasteiger partial charge in [-0.1, -0.05) is 27.7 Å². The molecule has 19 heavy (non-hydrogen) atoms. The molecule has 4 heteroatoms. The number of hydrogen-bond donors (Lipinski definition) is 2. The molecule has 0 fully saturated rings. The fourth-order valence-corrected chi connectivity index (χ4v) is 1.56. The summed E-state index contributed by atoms with van der Waals surface area (Å²) >= 11 is 0. The lowest BCUT2D eigenvalue weighted by Gasteiger charge is -2.29. The molecule has 0 radical (unpaired) electrons. The summed E-state index contributed by atoms with van der Waals surface area (Å²) < 4.78 is 0. The molecule has 0 atom stereocenters. The molecule has 1 aromatic rings. The SMILES string of the molecule is CCC(C)(C)CNc1c(NC(C)(C)CC)c(=O)c1=O. The number of rotatable bonds is 7. The maximum atomic E-state index is 11.6. The van der Waals surface area contributed by atoms with Gasteiger partial charge in [-0.05, 0) is 32.1 Å². The van der Waals surface area contributed by atoms with Gasteiger partial charge >= 0.3 is 0 Å². The van der Waals surface area contributed by atoms with Crippen molar-refractivity contribution in [1.82, 2.24) is 0 Å². The van der Waals surface area contributed by atoms with Crippen molar-refractivity contribution in [2.24, 2.45) is 5.41 Å². The van der Waals surface area contributed by atoms with Crippen LogP contribution in [0.5, 0.6) is 0 Å². The summed E-state index contributed by atoms with van der Waals surface area (Å²) in [4.78, 5) is 23.3. The summed E-state index contributed by atoms with van der Waals surface area (Å²) in [5.74, 6) is 0. The Morgan fingerprint density at radius 2 is 1.42 bits per heavy atom. The van der Waals surface area contributed by atoms with E-state index < -0.39 is 10.9 Å². The molecule has 0 bridgehead atoms. The monoisotopic (exact) mass is 266 g/mol. The minimum absolute atomic E-state index is 0.108. The van der Waals surface area contributed by atoms with Gasteiger partial charge < -0.3 is 10.6 Å². The third-order valence-corrected chi connectivity index (χ3v) is 3.96. The van der Waals surface area contributed by atoms with Crippen LogP contribution in [0.3, 0.4) is 0 Å². The van der Waals surface area contributed by atoms with Crippen molar-refractivity contribution in [1.29, 1.82) is 0 Å². The van der Waals surface area contributed by atoms with Crippen molar-refractivity contribution < 1.29 is 0 Å². The Balaban J connectivity index is 2.84. The first-order valence-electron chi connectivity index (χ1n) is 6.99. The van der Waals surface area contributed by atoms with Crippen LogP contribution in [0.25, 0.3) is 0 Å². The van der Waals surface area contributed by atoms with E-state index in [0.717, 1.165) is 12.8 Å². The molecule has 0 unspecified atom stereocenters. The second-order valence-corrected chi connectivity index (χ2v) is 6.64. The Hall–Kier alpha value is -1.32. The summed E-state index contributed by atoms with van der Waals surface area (Å²) in [6, 6.07) is 0. The molecule has 108 valence electrons. The fourth-order valence-electron chi connectivity index (χ4n) is 1.56. The van der Waals surface area contributed by atoms with E-state index >= 15 is 0 Å². The maximum absolute atomic E-state index is 11.6. The van der Waals surface area contributed by atoms with Crippen LogP contribution < -0.4 is 21.5 Å². The zero-order valence-corrected chi connectivity index (χ0v) is 12.9. The van der Waals surface area contributed by atoms with Gasteiger partial charge in [0.25, 0.3) is 10.9 Å². The largest absolute Gasteiger partial charge is 0.379 e. The van der Waals surface area contributed by atoms with Gasteiger partial charge in [0.05, 0.1) is 0 Å². The summed E-state index contributed by atoms with van der Waals surface area (Å²) in [6.07, 6.45) is 1.89. The van der Waals surface area contributed by atoms with E-state index in [4.69, 9.17) is 0 Å². The van der Waals surface area contributed by atoms with Crippen LogP contribution in [0.15, 0.2) is 9.59 Å². The Kier molecular flexibility index (Phi) is 4.43. The first-order chi connectivity index (χ1) is 8.63. The number of hydrogen-bond acceptors (Lipinski definition) is 4. The van der Waals surface area contributed by atoms with Crippen LogP contribution in [0.4, 0.5) is 11.4 Å². The van der Waals surface area contributed by atoms with Gasteiger partial charge in [-0.15, -0.1) is 0 Å². The highest BCUT2D eigenvalue weighted by Crippen LogP contribution is 2.24. The van der Waals surface area contributed by atoms with E-state index in [1.54, 1.807) is 0 Å². The molecule has 0 aliphatic heterocycles. The van der Waals surface area contributed by atoms with Gasteiger partial charge in [-0.25, -0.2) is 0 Å². The molecule has 0 aliphatic carbocycles. The maximum Gasteiger partial charge on any atom is 0.253 e. The molecule has 0 saturated heterocycles. The highest BCUT2D eigenvalue weighted by Gasteiger charge is 2.27. The van der Waals surface area contributed by atoms with Crippen LogP contribution in [0, 0.1) is 5.41 Å². The molecule has 0 aromatic heterocycles. The van der Waals surface area contributed by atoms with E-state index in [1.165, 1.54) is 0 Å². The quantitative estimate of drug-likeness (QED) is 0.745. The van der Waals surface area contributed by atoms with Crippen molar-refractivity contribution in [2.45, 2.75) is 59.9 Å². The molecule has 4 nitrogen and oxygen atoms in total. The third-order valence-electron chi connectivity index (χ3n) is 3.96. The van der Waals surface area contributed by atoms with E-state index in [9.17, 15) is 9.59 Å². The van der Waals surface area contributed by atoms with E-state index in [-0.39, 0.29) is 11.0 Å². The van der Waals surface area contributed by atoms with Gasteiger partial charge in [0, 0.05) is 12.1 Å². The molecule has 0 heterocycles. The Morgan fingerprint density at radius 1 is 0.895 bits per heavy atom. The molecule has 0 aliphatic rings. The Bertz CT molecular complexity index is 508. The van der Waals surface area contributed by atoms with Crippen molar-refractivity contribution in [3.8, 4) is 0 Å². The van der Waals surface area contributed by atoms with E-state index in [1.807, 2.05) is 20.8 Å². The molecular weight excluding hydrogens is 240 g/mol. The average Bonchev–Trinajstić information content (AvgIpc) is 2.37. The van der Waals surface area contributed by atoms with Gasteiger partial charge in [0.2, 0.25) is 0 Å².